The summed E-state index contributed by atoms with van der Waals surface area (Å²) in [5.74, 6) is 0. The normalized spacial score (nSPS) is 25.6. The molecule has 2 fully saturated rings. The highest BCUT2D eigenvalue weighted by molar-refractivity contribution is 5.33. The van der Waals surface area contributed by atoms with Crippen LogP contribution in [0.2, 0.25) is 0 Å². The van der Waals surface area contributed by atoms with Crippen LogP contribution in [0.15, 0.2) is 30.3 Å². The SMILES string of the molecule is NCC1(C2(c3ccccc3)CCCC2)CC1. The molecule has 0 bridgehead atoms. The van der Waals surface area contributed by atoms with Gasteiger partial charge in [0.2, 0.25) is 0 Å². The summed E-state index contributed by atoms with van der Waals surface area (Å²) in [5.41, 5.74) is 8.49. The van der Waals surface area contributed by atoms with Crippen molar-refractivity contribution in [3.8, 4) is 0 Å². The Morgan fingerprint density at radius 1 is 0.938 bits per heavy atom. The molecule has 0 unspecified atom stereocenters. The molecule has 0 aromatic heterocycles. The Hall–Kier alpha value is -0.820. The first-order valence-electron chi connectivity index (χ1n) is 6.59. The van der Waals surface area contributed by atoms with E-state index >= 15 is 0 Å². The fourth-order valence-electron chi connectivity index (χ4n) is 3.89. The molecule has 0 aliphatic heterocycles. The van der Waals surface area contributed by atoms with Gasteiger partial charge in [0.1, 0.15) is 0 Å². The number of hydrogen-bond acceptors (Lipinski definition) is 1. The summed E-state index contributed by atoms with van der Waals surface area (Å²) < 4.78 is 0. The molecule has 1 aromatic rings. The Bertz CT molecular complexity index is 358. The lowest BCUT2D eigenvalue weighted by molar-refractivity contribution is 0.253. The molecule has 1 nitrogen and oxygen atoms in total. The molecule has 86 valence electrons. The molecule has 2 aliphatic carbocycles. The molecule has 2 saturated carbocycles. The molecule has 3 rings (SSSR count). The zero-order valence-electron chi connectivity index (χ0n) is 9.91. The number of nitrogens with two attached hydrogens (primary N) is 1. The maximum absolute atomic E-state index is 6.07. The minimum absolute atomic E-state index is 0.420. The van der Waals surface area contributed by atoms with Gasteiger partial charge in [0.05, 0.1) is 0 Å². The molecule has 16 heavy (non-hydrogen) atoms. The van der Waals surface area contributed by atoms with Crippen molar-refractivity contribution in [3.05, 3.63) is 35.9 Å². The molecule has 0 spiro atoms. The van der Waals surface area contributed by atoms with Gasteiger partial charge in [0.15, 0.2) is 0 Å². The predicted molar refractivity (Wildman–Crippen MR) is 67.3 cm³/mol. The molecule has 1 aromatic carbocycles. The van der Waals surface area contributed by atoms with Crippen LogP contribution in [0.5, 0.6) is 0 Å². The molecule has 0 atom stereocenters. The van der Waals surface area contributed by atoms with Crippen LogP contribution in [0.4, 0.5) is 0 Å². The molecular formula is C15H21N. The second-order valence-corrected chi connectivity index (χ2v) is 5.64. The summed E-state index contributed by atoms with van der Waals surface area (Å²) in [6.45, 7) is 0.877. The van der Waals surface area contributed by atoms with E-state index in [2.05, 4.69) is 30.3 Å². The van der Waals surface area contributed by atoms with Crippen molar-refractivity contribution in [3.63, 3.8) is 0 Å². The minimum atomic E-state index is 0.420. The molecule has 2 N–H and O–H groups in total. The molecule has 0 amide bonds. The third kappa shape index (κ3) is 1.27. The maximum atomic E-state index is 6.07. The van der Waals surface area contributed by atoms with E-state index in [-0.39, 0.29) is 0 Å². The molecule has 0 radical (unpaired) electrons. The quantitative estimate of drug-likeness (QED) is 0.823. The van der Waals surface area contributed by atoms with Gasteiger partial charge in [-0.3, -0.25) is 0 Å². The van der Waals surface area contributed by atoms with Crippen LogP contribution >= 0.6 is 0 Å². The molecule has 0 saturated heterocycles. The van der Waals surface area contributed by atoms with Crippen molar-refractivity contribution in [2.75, 3.05) is 6.54 Å². The number of hydrogen-bond donors (Lipinski definition) is 1. The van der Waals surface area contributed by atoms with Gasteiger partial charge in [0.25, 0.3) is 0 Å². The average molecular weight is 215 g/mol. The van der Waals surface area contributed by atoms with Gasteiger partial charge >= 0.3 is 0 Å². The molecule has 0 heterocycles. The highest BCUT2D eigenvalue weighted by atomic mass is 14.7. The van der Waals surface area contributed by atoms with E-state index in [1.165, 1.54) is 38.5 Å². The molecule has 2 aliphatic rings. The van der Waals surface area contributed by atoms with Gasteiger partial charge in [-0.2, -0.15) is 0 Å². The monoisotopic (exact) mass is 215 g/mol. The summed E-state index contributed by atoms with van der Waals surface area (Å²) in [7, 11) is 0. The zero-order valence-corrected chi connectivity index (χ0v) is 9.91. The van der Waals surface area contributed by atoms with Crippen LogP contribution in [0.3, 0.4) is 0 Å². The summed E-state index contributed by atoms with van der Waals surface area (Å²) in [6, 6.07) is 11.1. The largest absolute Gasteiger partial charge is 0.330 e. The third-order valence-corrected chi connectivity index (χ3v) is 5.04. The lowest BCUT2D eigenvalue weighted by Gasteiger charge is -2.38. The third-order valence-electron chi connectivity index (χ3n) is 5.04. The standard InChI is InChI=1S/C15H21N/c16-12-14(10-11-14)15(8-4-5-9-15)13-6-2-1-3-7-13/h1-3,6-7H,4-5,8-12,16H2. The van der Waals surface area contributed by atoms with Crippen molar-refractivity contribution in [1.82, 2.24) is 0 Å². The van der Waals surface area contributed by atoms with Gasteiger partial charge in [-0.25, -0.2) is 0 Å². The van der Waals surface area contributed by atoms with Crippen LogP contribution < -0.4 is 5.73 Å². The summed E-state index contributed by atoms with van der Waals surface area (Å²) in [5, 5.41) is 0. The van der Waals surface area contributed by atoms with Gasteiger partial charge < -0.3 is 5.73 Å². The van der Waals surface area contributed by atoms with Crippen LogP contribution in [-0.4, -0.2) is 6.54 Å². The van der Waals surface area contributed by atoms with Crippen LogP contribution in [0.1, 0.15) is 44.1 Å². The smallest absolute Gasteiger partial charge is 0.00214 e. The van der Waals surface area contributed by atoms with Crippen LogP contribution in [0.25, 0.3) is 0 Å². The summed E-state index contributed by atoms with van der Waals surface area (Å²) in [4.78, 5) is 0. The first-order valence-corrected chi connectivity index (χ1v) is 6.59. The van der Waals surface area contributed by atoms with E-state index in [0.717, 1.165) is 6.54 Å². The highest BCUT2D eigenvalue weighted by Gasteiger charge is 2.59. The van der Waals surface area contributed by atoms with Crippen molar-refractivity contribution in [2.24, 2.45) is 11.1 Å². The van der Waals surface area contributed by atoms with E-state index < -0.39 is 0 Å². The minimum Gasteiger partial charge on any atom is -0.330 e. The summed E-state index contributed by atoms with van der Waals surface area (Å²) >= 11 is 0. The molecular weight excluding hydrogens is 194 g/mol. The van der Waals surface area contributed by atoms with E-state index in [0.29, 0.717) is 10.8 Å². The number of benzene rings is 1. The van der Waals surface area contributed by atoms with Gasteiger partial charge in [-0.15, -0.1) is 0 Å². The second kappa shape index (κ2) is 3.59. The van der Waals surface area contributed by atoms with Gasteiger partial charge in [0, 0.05) is 5.41 Å². The zero-order chi connectivity index (χ0) is 11.1. The van der Waals surface area contributed by atoms with Crippen molar-refractivity contribution >= 4 is 0 Å². The average Bonchev–Trinajstić information content (AvgIpc) is 3.01. The fraction of sp³-hybridized carbons (Fsp3) is 0.600. The van der Waals surface area contributed by atoms with E-state index in [1.54, 1.807) is 5.56 Å². The second-order valence-electron chi connectivity index (χ2n) is 5.64. The number of rotatable bonds is 3. The highest BCUT2D eigenvalue weighted by Crippen LogP contribution is 2.64. The Morgan fingerprint density at radius 3 is 2.06 bits per heavy atom. The maximum Gasteiger partial charge on any atom is 0.00214 e. The van der Waals surface area contributed by atoms with Crippen LogP contribution in [0, 0.1) is 5.41 Å². The Kier molecular flexibility index (Phi) is 2.32. The molecule has 1 heteroatoms. The van der Waals surface area contributed by atoms with E-state index in [1.807, 2.05) is 0 Å². The Balaban J connectivity index is 2.04. The fourth-order valence-corrected chi connectivity index (χ4v) is 3.89. The van der Waals surface area contributed by atoms with Crippen molar-refractivity contribution in [1.29, 1.82) is 0 Å². The van der Waals surface area contributed by atoms with Crippen molar-refractivity contribution < 1.29 is 0 Å². The Labute approximate surface area is 98.0 Å². The van der Waals surface area contributed by atoms with E-state index in [9.17, 15) is 0 Å². The van der Waals surface area contributed by atoms with Gasteiger partial charge in [-0.1, -0.05) is 43.2 Å². The Morgan fingerprint density at radius 2 is 1.56 bits per heavy atom. The first-order chi connectivity index (χ1) is 7.83. The van der Waals surface area contributed by atoms with E-state index in [4.69, 9.17) is 5.73 Å². The van der Waals surface area contributed by atoms with Crippen molar-refractivity contribution in [2.45, 2.75) is 43.9 Å². The topological polar surface area (TPSA) is 26.0 Å². The summed E-state index contributed by atoms with van der Waals surface area (Å²) in [6.07, 6.45) is 8.17. The predicted octanol–water partition coefficient (Wildman–Crippen LogP) is 3.24. The van der Waals surface area contributed by atoms with Crippen LogP contribution in [-0.2, 0) is 5.41 Å². The first kappa shape index (κ1) is 10.3. The lowest BCUT2D eigenvalue weighted by Crippen LogP contribution is -2.39. The lowest BCUT2D eigenvalue weighted by atomic mass is 9.66. The van der Waals surface area contributed by atoms with Gasteiger partial charge in [-0.05, 0) is 43.2 Å².